The Bertz CT molecular complexity index is 1180. The Labute approximate surface area is 180 Å². The van der Waals surface area contributed by atoms with E-state index in [9.17, 15) is 9.59 Å². The van der Waals surface area contributed by atoms with E-state index in [2.05, 4.69) is 29.2 Å². The number of hydrogen-bond donors (Lipinski definition) is 1. The number of rotatable bonds is 5. The zero-order valence-corrected chi connectivity index (χ0v) is 17.6. The maximum atomic E-state index is 12.9. The number of aryl methyl sites for hydroxylation is 1. The summed E-state index contributed by atoms with van der Waals surface area (Å²) >= 11 is 0. The minimum absolute atomic E-state index is 0.0298. The zero-order valence-electron chi connectivity index (χ0n) is 17.6. The van der Waals surface area contributed by atoms with Crippen LogP contribution < -0.4 is 5.56 Å². The molecule has 2 aliphatic rings. The minimum atomic E-state index is -0.949. The van der Waals surface area contributed by atoms with Gasteiger partial charge in [-0.3, -0.25) is 14.4 Å². The molecule has 2 aromatic heterocycles. The number of aromatic nitrogens is 3. The lowest BCUT2D eigenvalue weighted by Gasteiger charge is -2.43. The molecule has 31 heavy (non-hydrogen) atoms. The molecule has 5 rings (SSSR count). The second-order valence-electron chi connectivity index (χ2n) is 8.70. The fourth-order valence-electron chi connectivity index (χ4n) is 5.08. The number of pyridine rings is 1. The van der Waals surface area contributed by atoms with E-state index >= 15 is 0 Å². The van der Waals surface area contributed by atoms with Gasteiger partial charge in [-0.05, 0) is 48.6 Å². The van der Waals surface area contributed by atoms with Crippen LogP contribution in [0.3, 0.4) is 0 Å². The molecular weight excluding hydrogens is 392 g/mol. The molecule has 1 N–H and O–H groups in total. The van der Waals surface area contributed by atoms with E-state index in [1.54, 1.807) is 30.3 Å². The van der Waals surface area contributed by atoms with Crippen molar-refractivity contribution in [3.63, 3.8) is 0 Å². The van der Waals surface area contributed by atoms with Gasteiger partial charge in [0.05, 0.1) is 11.8 Å². The third kappa shape index (κ3) is 3.81. The normalized spacial score (nSPS) is 20.4. The van der Waals surface area contributed by atoms with Crippen molar-refractivity contribution in [2.75, 3.05) is 13.1 Å². The van der Waals surface area contributed by atoms with E-state index in [-0.39, 0.29) is 11.1 Å². The van der Waals surface area contributed by atoms with Gasteiger partial charge in [-0.25, -0.2) is 4.79 Å². The minimum Gasteiger partial charge on any atom is -0.478 e. The molecule has 0 spiro atoms. The molecule has 2 bridgehead atoms. The van der Waals surface area contributed by atoms with Crippen LogP contribution in [-0.2, 0) is 19.6 Å². The van der Waals surface area contributed by atoms with Gasteiger partial charge in [-0.15, -0.1) is 0 Å². The Kier molecular flexibility index (Phi) is 4.98. The van der Waals surface area contributed by atoms with E-state index < -0.39 is 5.97 Å². The van der Waals surface area contributed by atoms with Gasteiger partial charge >= 0.3 is 5.97 Å². The summed E-state index contributed by atoms with van der Waals surface area (Å²) in [6.45, 7) is 6.52. The van der Waals surface area contributed by atoms with E-state index in [1.165, 1.54) is 5.56 Å². The van der Waals surface area contributed by atoms with E-state index in [0.717, 1.165) is 56.0 Å². The molecule has 1 fully saturated rings. The van der Waals surface area contributed by atoms with E-state index in [4.69, 9.17) is 5.11 Å². The van der Waals surface area contributed by atoms with Gasteiger partial charge in [0.15, 0.2) is 0 Å². The van der Waals surface area contributed by atoms with Crippen molar-refractivity contribution in [3.05, 3.63) is 76.0 Å². The first kappa shape index (κ1) is 19.8. The fourth-order valence-corrected chi connectivity index (χ4v) is 5.08. The molecule has 1 aromatic carbocycles. The quantitative estimate of drug-likeness (QED) is 0.689. The van der Waals surface area contributed by atoms with Crippen molar-refractivity contribution in [2.24, 2.45) is 5.92 Å². The molecule has 7 nitrogen and oxygen atoms in total. The lowest BCUT2D eigenvalue weighted by atomic mass is 9.82. The summed E-state index contributed by atoms with van der Waals surface area (Å²) in [7, 11) is 0. The summed E-state index contributed by atoms with van der Waals surface area (Å²) in [6, 6.07) is 10.5. The smallest absolute Gasteiger partial charge is 0.335 e. The first-order valence-electron chi connectivity index (χ1n) is 10.8. The van der Waals surface area contributed by atoms with Gasteiger partial charge in [0.2, 0.25) is 0 Å². The average Bonchev–Trinajstić information content (AvgIpc) is 3.22. The summed E-state index contributed by atoms with van der Waals surface area (Å²) in [5.41, 5.74) is 4.32. The summed E-state index contributed by atoms with van der Waals surface area (Å²) < 4.78 is 3.90. The van der Waals surface area contributed by atoms with Crippen LogP contribution in [0.1, 0.15) is 40.9 Å². The number of carbonyl (C=O) groups is 1. The van der Waals surface area contributed by atoms with Gasteiger partial charge in [0.1, 0.15) is 0 Å². The molecule has 7 heteroatoms. The van der Waals surface area contributed by atoms with Crippen molar-refractivity contribution in [1.82, 2.24) is 19.2 Å². The Balaban J connectivity index is 1.42. The topological polar surface area (TPSA) is 80.4 Å². The van der Waals surface area contributed by atoms with Crippen molar-refractivity contribution in [3.8, 4) is 11.1 Å². The lowest BCUT2D eigenvalue weighted by Crippen LogP contribution is -2.46. The first-order valence-corrected chi connectivity index (χ1v) is 10.8. The van der Waals surface area contributed by atoms with Gasteiger partial charge in [-0.1, -0.05) is 12.1 Å². The summed E-state index contributed by atoms with van der Waals surface area (Å²) in [6.07, 6.45) is 5.17. The molecule has 0 aliphatic carbocycles. The number of likely N-dealkylation sites (tertiary alicyclic amines) is 1. The molecule has 1 saturated heterocycles. The van der Waals surface area contributed by atoms with Gasteiger partial charge in [0.25, 0.3) is 5.56 Å². The van der Waals surface area contributed by atoms with Crippen molar-refractivity contribution >= 4 is 5.97 Å². The molecule has 0 radical (unpaired) electrons. The SMILES string of the molecule is CCn1cc(CN2C[C@@H]3C[C@H](C2)c2cc(-c4ccc(C(=O)O)cc4)cc(=O)n2C3)cn1. The van der Waals surface area contributed by atoms with Crippen LogP contribution in [0.4, 0.5) is 0 Å². The van der Waals surface area contributed by atoms with Crippen molar-refractivity contribution < 1.29 is 9.90 Å². The van der Waals surface area contributed by atoms with Crippen molar-refractivity contribution in [1.29, 1.82) is 0 Å². The Hall–Kier alpha value is -3.19. The van der Waals surface area contributed by atoms with Gasteiger partial charge in [-0.2, -0.15) is 5.10 Å². The van der Waals surface area contributed by atoms with Gasteiger partial charge < -0.3 is 9.67 Å². The standard InChI is InChI=1S/C24H26N4O3/c1-2-27-13-17(10-25-27)12-26-11-16-7-21(15-26)22-8-20(9-23(29)28(22)14-16)18-3-5-19(6-4-18)24(30)31/h3-6,8-10,13,16,21H,2,7,11-12,14-15H2,1H3,(H,30,31)/t16-,21+/m0/s1. The lowest BCUT2D eigenvalue weighted by molar-refractivity contribution is 0.0697. The number of piperidine rings is 1. The van der Waals surface area contributed by atoms with Crippen LogP contribution in [0.2, 0.25) is 0 Å². The van der Waals surface area contributed by atoms with Crippen LogP contribution in [0.5, 0.6) is 0 Å². The van der Waals surface area contributed by atoms with Crippen LogP contribution in [0, 0.1) is 5.92 Å². The Morgan fingerprint density at radius 3 is 2.65 bits per heavy atom. The predicted molar refractivity (Wildman–Crippen MR) is 117 cm³/mol. The second kappa shape index (κ2) is 7.81. The van der Waals surface area contributed by atoms with Crippen LogP contribution >= 0.6 is 0 Å². The number of nitrogens with zero attached hydrogens (tertiary/aromatic N) is 4. The highest BCUT2D eigenvalue weighted by molar-refractivity contribution is 5.88. The predicted octanol–water partition coefficient (Wildman–Crippen LogP) is 3.05. The molecule has 2 atom stereocenters. The number of hydrogen-bond acceptors (Lipinski definition) is 4. The zero-order chi connectivity index (χ0) is 21.5. The molecule has 2 aliphatic heterocycles. The maximum Gasteiger partial charge on any atom is 0.335 e. The van der Waals surface area contributed by atoms with Crippen molar-refractivity contribution in [2.45, 2.75) is 38.9 Å². The fraction of sp³-hybridized carbons (Fsp3) is 0.375. The summed E-state index contributed by atoms with van der Waals surface area (Å²) in [5, 5.41) is 13.5. The molecule has 160 valence electrons. The highest BCUT2D eigenvalue weighted by Crippen LogP contribution is 2.37. The van der Waals surface area contributed by atoms with Gasteiger partial charge in [0, 0.05) is 62.2 Å². The Morgan fingerprint density at radius 2 is 1.94 bits per heavy atom. The van der Waals surface area contributed by atoms with E-state index in [1.807, 2.05) is 15.4 Å². The summed E-state index contributed by atoms with van der Waals surface area (Å²) in [5.74, 6) is -0.152. The third-order valence-electron chi connectivity index (χ3n) is 6.51. The molecule has 4 heterocycles. The maximum absolute atomic E-state index is 12.9. The molecule has 0 unspecified atom stereocenters. The number of aromatic carboxylic acids is 1. The number of carboxylic acid groups (broad SMARTS) is 1. The number of carboxylic acids is 1. The molecule has 0 amide bonds. The molecule has 0 saturated carbocycles. The van der Waals surface area contributed by atoms with Crippen LogP contribution in [0.25, 0.3) is 11.1 Å². The Morgan fingerprint density at radius 1 is 1.13 bits per heavy atom. The largest absolute Gasteiger partial charge is 0.478 e. The highest BCUT2D eigenvalue weighted by atomic mass is 16.4. The summed E-state index contributed by atoms with van der Waals surface area (Å²) in [4.78, 5) is 26.5. The molecule has 3 aromatic rings. The third-order valence-corrected chi connectivity index (χ3v) is 6.51. The number of benzene rings is 1. The van der Waals surface area contributed by atoms with Crippen LogP contribution in [-0.4, -0.2) is 43.4 Å². The average molecular weight is 418 g/mol. The second-order valence-corrected chi connectivity index (χ2v) is 8.70. The van der Waals surface area contributed by atoms with Crippen LogP contribution in [0.15, 0.2) is 53.6 Å². The number of fused-ring (bicyclic) bond motifs is 4. The monoisotopic (exact) mass is 418 g/mol. The first-order chi connectivity index (χ1) is 15.0. The molecular formula is C24H26N4O3. The van der Waals surface area contributed by atoms with E-state index in [0.29, 0.717) is 11.8 Å². The highest BCUT2D eigenvalue weighted by Gasteiger charge is 2.35.